The first kappa shape index (κ1) is 10.6. The van der Waals surface area contributed by atoms with Crippen LogP contribution in [0.4, 0.5) is 10.1 Å². The smallest absolute Gasteiger partial charge is 0.311 e. The van der Waals surface area contributed by atoms with Gasteiger partial charge < -0.3 is 10.4 Å². The predicted octanol–water partition coefficient (Wildman–Crippen LogP) is 2.59. The first-order valence-electron chi connectivity index (χ1n) is 5.95. The molecule has 0 radical (unpaired) electrons. The number of carboxylic acids is 1. The molecule has 17 heavy (non-hydrogen) atoms. The number of anilines is 1. The van der Waals surface area contributed by atoms with Crippen molar-refractivity contribution in [3.8, 4) is 0 Å². The van der Waals surface area contributed by atoms with Gasteiger partial charge in [0.05, 0.1) is 5.92 Å². The highest BCUT2D eigenvalue weighted by Gasteiger charge is 2.43. The van der Waals surface area contributed by atoms with Gasteiger partial charge in [-0.25, -0.2) is 4.39 Å². The Balaban J connectivity index is 2.09. The number of fused-ring (bicyclic) bond motifs is 2. The number of hydrogen-bond donors (Lipinski definition) is 2. The summed E-state index contributed by atoms with van der Waals surface area (Å²) in [5.41, 5.74) is 1.38. The Labute approximate surface area is 98.6 Å². The van der Waals surface area contributed by atoms with E-state index in [1.165, 1.54) is 12.1 Å². The van der Waals surface area contributed by atoms with Crippen LogP contribution < -0.4 is 5.32 Å². The highest BCUT2D eigenvalue weighted by atomic mass is 19.1. The van der Waals surface area contributed by atoms with Crippen molar-refractivity contribution in [1.29, 1.82) is 0 Å². The van der Waals surface area contributed by atoms with E-state index in [1.807, 2.05) is 0 Å². The molecule has 3 unspecified atom stereocenters. The second kappa shape index (κ2) is 3.72. The molecule has 0 amide bonds. The number of carbonyl (C=O) groups is 1. The Bertz CT molecular complexity index is 474. The van der Waals surface area contributed by atoms with Crippen molar-refractivity contribution >= 4 is 11.7 Å². The molecule has 0 saturated heterocycles. The highest BCUT2D eigenvalue weighted by molar-refractivity contribution is 5.81. The molecule has 0 bridgehead atoms. The Morgan fingerprint density at radius 2 is 2.24 bits per heavy atom. The van der Waals surface area contributed by atoms with Crippen LogP contribution in [0.15, 0.2) is 18.2 Å². The number of aliphatic carboxylic acids is 1. The molecule has 3 atom stereocenters. The lowest BCUT2D eigenvalue weighted by molar-refractivity contribution is -0.140. The van der Waals surface area contributed by atoms with Crippen molar-refractivity contribution < 1.29 is 14.3 Å². The van der Waals surface area contributed by atoms with Crippen LogP contribution in [0.1, 0.15) is 30.7 Å². The maximum Gasteiger partial charge on any atom is 0.311 e. The summed E-state index contributed by atoms with van der Waals surface area (Å²) >= 11 is 0. The van der Waals surface area contributed by atoms with Crippen LogP contribution in [0.3, 0.4) is 0 Å². The fraction of sp³-hybridized carbons (Fsp3) is 0.462. The van der Waals surface area contributed by atoms with Gasteiger partial charge in [0.1, 0.15) is 5.82 Å². The summed E-state index contributed by atoms with van der Waals surface area (Å²) in [5, 5.41) is 12.7. The lowest BCUT2D eigenvalue weighted by Crippen LogP contribution is -2.37. The third-order valence-corrected chi connectivity index (χ3v) is 3.95. The molecule has 1 aromatic carbocycles. The summed E-state index contributed by atoms with van der Waals surface area (Å²) in [6, 6.07) is 4.53. The maximum absolute atomic E-state index is 13.2. The summed E-state index contributed by atoms with van der Waals surface area (Å²) < 4.78 is 13.2. The minimum absolute atomic E-state index is 0.144. The molecule has 1 saturated carbocycles. The van der Waals surface area contributed by atoms with Crippen molar-refractivity contribution in [2.75, 3.05) is 5.32 Å². The molecule has 4 heteroatoms. The van der Waals surface area contributed by atoms with Gasteiger partial charge in [0.15, 0.2) is 0 Å². The van der Waals surface area contributed by atoms with E-state index in [2.05, 4.69) is 5.32 Å². The number of hydrogen-bond acceptors (Lipinski definition) is 2. The summed E-state index contributed by atoms with van der Waals surface area (Å²) in [6.45, 7) is 0. The molecule has 1 aliphatic heterocycles. The zero-order valence-corrected chi connectivity index (χ0v) is 9.32. The quantitative estimate of drug-likeness (QED) is 0.786. The molecule has 1 aliphatic carbocycles. The van der Waals surface area contributed by atoms with Crippen LogP contribution in [0.5, 0.6) is 0 Å². The summed E-state index contributed by atoms with van der Waals surface area (Å²) in [4.78, 5) is 11.4. The fourth-order valence-corrected chi connectivity index (χ4v) is 3.24. The second-order valence-electron chi connectivity index (χ2n) is 4.89. The Hall–Kier alpha value is -1.58. The molecular weight excluding hydrogens is 221 g/mol. The average Bonchev–Trinajstić information content (AvgIpc) is 2.72. The van der Waals surface area contributed by atoms with E-state index in [4.69, 9.17) is 0 Å². The van der Waals surface area contributed by atoms with Gasteiger partial charge in [0.25, 0.3) is 0 Å². The molecule has 2 aliphatic rings. The second-order valence-corrected chi connectivity index (χ2v) is 4.89. The van der Waals surface area contributed by atoms with Crippen molar-refractivity contribution in [2.45, 2.75) is 31.2 Å². The van der Waals surface area contributed by atoms with Gasteiger partial charge in [-0.3, -0.25) is 4.79 Å². The molecule has 3 rings (SSSR count). The molecule has 0 spiro atoms. The van der Waals surface area contributed by atoms with E-state index in [0.29, 0.717) is 5.69 Å². The lowest BCUT2D eigenvalue weighted by Gasteiger charge is -2.34. The first-order valence-corrected chi connectivity index (χ1v) is 5.95. The lowest BCUT2D eigenvalue weighted by atomic mass is 9.79. The highest BCUT2D eigenvalue weighted by Crippen LogP contribution is 2.45. The van der Waals surface area contributed by atoms with E-state index in [0.717, 1.165) is 24.8 Å². The van der Waals surface area contributed by atoms with E-state index in [-0.39, 0.29) is 17.8 Å². The third kappa shape index (κ3) is 1.59. The van der Waals surface area contributed by atoms with Gasteiger partial charge >= 0.3 is 5.97 Å². The van der Waals surface area contributed by atoms with Crippen molar-refractivity contribution in [1.82, 2.24) is 0 Å². The average molecular weight is 235 g/mol. The van der Waals surface area contributed by atoms with Crippen LogP contribution >= 0.6 is 0 Å². The van der Waals surface area contributed by atoms with E-state index < -0.39 is 11.9 Å². The van der Waals surface area contributed by atoms with Crippen molar-refractivity contribution in [2.24, 2.45) is 5.92 Å². The Morgan fingerprint density at radius 3 is 3.00 bits per heavy atom. The molecule has 0 aromatic heterocycles. The SMILES string of the molecule is O=C(O)C1c2ccc(F)cc2NC2CCCC21. The molecular formula is C13H14FNO2. The van der Waals surface area contributed by atoms with Crippen LogP contribution in [0, 0.1) is 11.7 Å². The Morgan fingerprint density at radius 1 is 1.41 bits per heavy atom. The van der Waals surface area contributed by atoms with Crippen LogP contribution in [0.2, 0.25) is 0 Å². The third-order valence-electron chi connectivity index (χ3n) is 3.95. The molecule has 1 fully saturated rings. The topological polar surface area (TPSA) is 49.3 Å². The van der Waals surface area contributed by atoms with Crippen molar-refractivity contribution in [3.63, 3.8) is 0 Å². The molecule has 90 valence electrons. The van der Waals surface area contributed by atoms with Gasteiger partial charge in [-0.1, -0.05) is 12.5 Å². The number of halogens is 1. The zero-order valence-electron chi connectivity index (χ0n) is 9.32. The molecule has 1 aromatic rings. The fourth-order valence-electron chi connectivity index (χ4n) is 3.24. The summed E-state index contributed by atoms with van der Waals surface area (Å²) in [7, 11) is 0. The number of benzene rings is 1. The number of carboxylic acid groups (broad SMARTS) is 1. The minimum Gasteiger partial charge on any atom is -0.481 e. The predicted molar refractivity (Wildman–Crippen MR) is 61.5 cm³/mol. The van der Waals surface area contributed by atoms with Gasteiger partial charge in [0.2, 0.25) is 0 Å². The van der Waals surface area contributed by atoms with Crippen LogP contribution in [-0.4, -0.2) is 17.1 Å². The van der Waals surface area contributed by atoms with Crippen molar-refractivity contribution in [3.05, 3.63) is 29.6 Å². The van der Waals surface area contributed by atoms with Gasteiger partial charge in [-0.2, -0.15) is 0 Å². The Kier molecular flexibility index (Phi) is 2.31. The monoisotopic (exact) mass is 235 g/mol. The largest absolute Gasteiger partial charge is 0.481 e. The molecule has 2 N–H and O–H groups in total. The maximum atomic E-state index is 13.2. The standard InChI is InChI=1S/C13H14FNO2/c14-7-4-5-9-11(6-7)15-10-3-1-2-8(10)12(9)13(16)17/h4-6,8,10,12,15H,1-3H2,(H,16,17). The molecule has 1 heterocycles. The molecule has 3 nitrogen and oxygen atoms in total. The van der Waals surface area contributed by atoms with Crippen LogP contribution in [0.25, 0.3) is 0 Å². The van der Waals surface area contributed by atoms with E-state index in [9.17, 15) is 14.3 Å². The van der Waals surface area contributed by atoms with Crippen LogP contribution in [-0.2, 0) is 4.79 Å². The number of rotatable bonds is 1. The van der Waals surface area contributed by atoms with E-state index >= 15 is 0 Å². The first-order chi connectivity index (χ1) is 8.16. The van der Waals surface area contributed by atoms with Gasteiger partial charge in [-0.05, 0) is 36.5 Å². The van der Waals surface area contributed by atoms with E-state index in [1.54, 1.807) is 6.07 Å². The summed E-state index contributed by atoms with van der Waals surface area (Å²) in [5.74, 6) is -1.46. The number of nitrogens with one attached hydrogen (secondary N) is 1. The van der Waals surface area contributed by atoms with Gasteiger partial charge in [-0.15, -0.1) is 0 Å². The normalized spacial score (nSPS) is 30.3. The summed E-state index contributed by atoms with van der Waals surface area (Å²) in [6.07, 6.45) is 2.96. The minimum atomic E-state index is -0.795. The zero-order chi connectivity index (χ0) is 12.0. The van der Waals surface area contributed by atoms with Gasteiger partial charge in [0, 0.05) is 11.7 Å².